The number of rotatable bonds is 8. The summed E-state index contributed by atoms with van der Waals surface area (Å²) in [4.78, 5) is 29.4. The first-order valence-electron chi connectivity index (χ1n) is 9.75. The molecule has 0 N–H and O–H groups in total. The third-order valence-corrected chi connectivity index (χ3v) is 5.97. The molecule has 166 valence electrons. The fraction of sp³-hybridized carbons (Fsp3) is 0.364. The third-order valence-electron chi connectivity index (χ3n) is 5.05. The summed E-state index contributed by atoms with van der Waals surface area (Å²) in [5, 5.41) is 0. The molecule has 2 aromatic carbocycles. The van der Waals surface area contributed by atoms with Crippen molar-refractivity contribution in [1.82, 2.24) is 4.90 Å². The van der Waals surface area contributed by atoms with Crippen LogP contribution in [-0.2, 0) is 9.84 Å². The van der Waals surface area contributed by atoms with E-state index in [9.17, 15) is 18.0 Å². The maximum Gasteiger partial charge on any atom is 0.264 e. The van der Waals surface area contributed by atoms with Gasteiger partial charge in [0.25, 0.3) is 11.8 Å². The molecule has 0 saturated carbocycles. The second-order valence-electron chi connectivity index (χ2n) is 7.53. The zero-order chi connectivity index (χ0) is 22.9. The largest absolute Gasteiger partial charge is 0.493 e. The minimum Gasteiger partial charge on any atom is -0.493 e. The van der Waals surface area contributed by atoms with E-state index >= 15 is 0 Å². The van der Waals surface area contributed by atoms with Gasteiger partial charge in [-0.2, -0.15) is 0 Å². The van der Waals surface area contributed by atoms with Crippen molar-refractivity contribution in [1.29, 1.82) is 0 Å². The van der Waals surface area contributed by atoms with Gasteiger partial charge in [-0.05, 0) is 36.8 Å². The summed E-state index contributed by atoms with van der Waals surface area (Å²) in [6, 6.07) is 8.93. The number of amides is 2. The van der Waals surface area contributed by atoms with Crippen molar-refractivity contribution in [3.8, 4) is 11.5 Å². The normalized spacial score (nSPS) is 14.4. The van der Waals surface area contributed by atoms with Crippen LogP contribution in [0.25, 0.3) is 0 Å². The van der Waals surface area contributed by atoms with Crippen LogP contribution in [0.15, 0.2) is 36.4 Å². The van der Waals surface area contributed by atoms with Crippen molar-refractivity contribution in [3.05, 3.63) is 53.1 Å². The lowest BCUT2D eigenvalue weighted by Gasteiger charge is -2.27. The number of fused-ring (bicyclic) bond motifs is 1. The lowest BCUT2D eigenvalue weighted by atomic mass is 10.1. The molecule has 1 aliphatic rings. The summed E-state index contributed by atoms with van der Waals surface area (Å²) >= 11 is 0. The second kappa shape index (κ2) is 8.58. The number of imide groups is 1. The number of ether oxygens (including phenoxy) is 2. The number of hydrogen-bond donors (Lipinski definition) is 0. The molecule has 31 heavy (non-hydrogen) atoms. The van der Waals surface area contributed by atoms with Crippen molar-refractivity contribution < 1.29 is 27.5 Å². The molecule has 0 spiro atoms. The van der Waals surface area contributed by atoms with Crippen LogP contribution in [0.1, 0.15) is 39.2 Å². The first kappa shape index (κ1) is 22.6. The number of carbonyl (C=O) groups excluding carboxylic acids is 2. The number of benzene rings is 2. The number of sulfone groups is 1. The van der Waals surface area contributed by atoms with Crippen molar-refractivity contribution in [2.24, 2.45) is 0 Å². The van der Waals surface area contributed by atoms with Gasteiger partial charge in [-0.25, -0.2) is 8.42 Å². The highest BCUT2D eigenvalue weighted by molar-refractivity contribution is 7.90. The Labute approximate surface area is 182 Å². The van der Waals surface area contributed by atoms with E-state index in [1.807, 2.05) is 6.92 Å². The molecule has 0 bridgehead atoms. The molecule has 0 fully saturated rings. The summed E-state index contributed by atoms with van der Waals surface area (Å²) < 4.78 is 35.4. The Bertz CT molecular complexity index is 1130. The first-order valence-corrected chi connectivity index (χ1v) is 11.8. The van der Waals surface area contributed by atoms with Crippen LogP contribution in [0.3, 0.4) is 0 Å². The van der Waals surface area contributed by atoms with Gasteiger partial charge >= 0.3 is 0 Å². The maximum atomic E-state index is 13.4. The lowest BCUT2D eigenvalue weighted by Crippen LogP contribution is -2.37. The van der Waals surface area contributed by atoms with Gasteiger partial charge in [0, 0.05) is 26.0 Å². The van der Waals surface area contributed by atoms with E-state index in [-0.39, 0.29) is 11.1 Å². The molecule has 1 atom stereocenters. The van der Waals surface area contributed by atoms with Crippen LogP contribution in [-0.4, -0.2) is 65.0 Å². The van der Waals surface area contributed by atoms with Crippen LogP contribution in [0.5, 0.6) is 11.5 Å². The van der Waals surface area contributed by atoms with Crippen LogP contribution in [0.4, 0.5) is 5.69 Å². The lowest BCUT2D eigenvalue weighted by molar-refractivity contribution is 0.0597. The van der Waals surface area contributed by atoms with Gasteiger partial charge < -0.3 is 14.4 Å². The van der Waals surface area contributed by atoms with E-state index < -0.39 is 33.4 Å². The van der Waals surface area contributed by atoms with E-state index in [0.29, 0.717) is 29.4 Å². The number of hydrogen-bond acceptors (Lipinski definition) is 7. The molecule has 2 aromatic rings. The Morgan fingerprint density at radius 2 is 1.77 bits per heavy atom. The molecule has 0 saturated heterocycles. The Hall–Kier alpha value is -3.07. The predicted octanol–water partition coefficient (Wildman–Crippen LogP) is 2.54. The first-order chi connectivity index (χ1) is 14.6. The highest BCUT2D eigenvalue weighted by Crippen LogP contribution is 2.38. The average Bonchev–Trinajstić information content (AvgIpc) is 2.96. The molecule has 0 aromatic heterocycles. The smallest absolute Gasteiger partial charge is 0.264 e. The molecule has 0 unspecified atom stereocenters. The van der Waals surface area contributed by atoms with Crippen LogP contribution in [0.2, 0.25) is 0 Å². The average molecular weight is 447 g/mol. The van der Waals surface area contributed by atoms with Crippen molar-refractivity contribution >= 4 is 27.3 Å². The molecule has 9 heteroatoms. The fourth-order valence-electron chi connectivity index (χ4n) is 3.72. The fourth-order valence-corrected chi connectivity index (χ4v) is 4.63. The monoisotopic (exact) mass is 446 g/mol. The predicted molar refractivity (Wildman–Crippen MR) is 118 cm³/mol. The summed E-state index contributed by atoms with van der Waals surface area (Å²) in [5.41, 5.74) is 1.60. The molecule has 2 amide bonds. The van der Waals surface area contributed by atoms with Gasteiger partial charge in [0.1, 0.15) is 9.84 Å². The van der Waals surface area contributed by atoms with Gasteiger partial charge in [0.2, 0.25) is 0 Å². The number of nitrogens with zero attached hydrogens (tertiary/aromatic N) is 2. The minimum absolute atomic E-state index is 0.258. The van der Waals surface area contributed by atoms with Gasteiger partial charge in [0.05, 0.1) is 36.6 Å². The zero-order valence-corrected chi connectivity index (χ0v) is 19.0. The minimum atomic E-state index is -3.54. The molecule has 0 aliphatic carbocycles. The van der Waals surface area contributed by atoms with E-state index in [1.54, 1.807) is 55.4 Å². The highest BCUT2D eigenvalue weighted by Gasteiger charge is 2.43. The molecular weight excluding hydrogens is 420 g/mol. The maximum absolute atomic E-state index is 13.4. The van der Waals surface area contributed by atoms with Crippen LogP contribution < -0.4 is 14.4 Å². The van der Waals surface area contributed by atoms with E-state index in [2.05, 4.69) is 0 Å². The molecule has 1 heterocycles. The Kier molecular flexibility index (Phi) is 6.26. The van der Waals surface area contributed by atoms with Crippen molar-refractivity contribution in [2.75, 3.05) is 44.7 Å². The Morgan fingerprint density at radius 3 is 2.35 bits per heavy atom. The van der Waals surface area contributed by atoms with Crippen molar-refractivity contribution in [3.63, 3.8) is 0 Å². The zero-order valence-electron chi connectivity index (χ0n) is 18.2. The Balaban J connectivity index is 2.15. The number of anilines is 1. The van der Waals surface area contributed by atoms with Gasteiger partial charge in [-0.3, -0.25) is 14.5 Å². The van der Waals surface area contributed by atoms with Crippen molar-refractivity contribution in [2.45, 2.75) is 13.0 Å². The van der Waals surface area contributed by atoms with E-state index in [1.165, 1.54) is 7.11 Å². The second-order valence-corrected chi connectivity index (χ2v) is 9.71. The molecular formula is C22H26N2O6S. The standard InChI is InChI=1S/C22H26N2O6S/c1-6-30-19-12-14(10-11-18(19)29-4)17(13-31(5,27)28)24-21(25)15-8-7-9-16(23(2)3)20(15)22(24)26/h7-12,17H,6,13H2,1-5H3/t17-/m1/s1. The summed E-state index contributed by atoms with van der Waals surface area (Å²) in [5.74, 6) is -0.571. The summed E-state index contributed by atoms with van der Waals surface area (Å²) in [7, 11) is 1.52. The summed E-state index contributed by atoms with van der Waals surface area (Å²) in [6.07, 6.45) is 1.08. The third kappa shape index (κ3) is 4.36. The number of carbonyl (C=O) groups is 2. The SMILES string of the molecule is CCOc1cc([C@@H](CS(C)(=O)=O)N2C(=O)c3cccc(N(C)C)c3C2=O)ccc1OC. The van der Waals surface area contributed by atoms with Crippen LogP contribution in [0, 0.1) is 0 Å². The molecule has 0 radical (unpaired) electrons. The van der Waals surface area contributed by atoms with Gasteiger partial charge in [-0.15, -0.1) is 0 Å². The van der Waals surface area contributed by atoms with Crippen LogP contribution >= 0.6 is 0 Å². The molecule has 8 nitrogen and oxygen atoms in total. The number of methoxy groups -OCH3 is 1. The summed E-state index contributed by atoms with van der Waals surface area (Å²) in [6.45, 7) is 2.18. The van der Waals surface area contributed by atoms with Gasteiger partial charge in [0.15, 0.2) is 11.5 Å². The topological polar surface area (TPSA) is 93.2 Å². The molecule has 3 rings (SSSR count). The van der Waals surface area contributed by atoms with E-state index in [4.69, 9.17) is 9.47 Å². The quantitative estimate of drug-likeness (QED) is 0.575. The molecule has 1 aliphatic heterocycles. The van der Waals surface area contributed by atoms with Gasteiger partial charge in [-0.1, -0.05) is 12.1 Å². The Morgan fingerprint density at radius 1 is 1.06 bits per heavy atom. The van der Waals surface area contributed by atoms with E-state index in [0.717, 1.165) is 11.2 Å². The highest BCUT2D eigenvalue weighted by atomic mass is 32.2.